The topological polar surface area (TPSA) is 31.2 Å². The molecule has 0 saturated heterocycles. The largest absolute Gasteiger partial charge is 0.363 e. The van der Waals surface area contributed by atoms with Crippen LogP contribution in [0.3, 0.4) is 0 Å². The van der Waals surface area contributed by atoms with Gasteiger partial charge in [0.15, 0.2) is 0 Å². The normalized spacial score (nSPS) is 16.6. The van der Waals surface area contributed by atoms with Crippen molar-refractivity contribution in [2.45, 2.75) is 63.7 Å². The molecular weight excluding hydrogens is 398 g/mol. The fourth-order valence-electron chi connectivity index (χ4n) is 4.55. The third-order valence-corrected chi connectivity index (χ3v) is 13.9. The summed E-state index contributed by atoms with van der Waals surface area (Å²) in [6, 6.07) is 21.7. The molecule has 1 aromatic heterocycles. The highest BCUT2D eigenvalue weighted by Gasteiger charge is 2.43. The molecule has 0 bridgehead atoms. The van der Waals surface area contributed by atoms with Crippen molar-refractivity contribution in [3.63, 3.8) is 0 Å². The van der Waals surface area contributed by atoms with Crippen molar-refractivity contribution in [1.29, 1.82) is 0 Å². The van der Waals surface area contributed by atoms with E-state index in [-0.39, 0.29) is 5.97 Å². The molecule has 1 unspecified atom stereocenters. The van der Waals surface area contributed by atoms with E-state index in [1.165, 1.54) is 5.56 Å². The van der Waals surface area contributed by atoms with Crippen LogP contribution in [0.25, 0.3) is 11.3 Å². The zero-order valence-electron chi connectivity index (χ0n) is 19.3. The molecule has 3 aromatic rings. The summed E-state index contributed by atoms with van der Waals surface area (Å²) < 4.78 is 1.81. The van der Waals surface area contributed by atoms with Gasteiger partial charge in [0.05, 0.1) is 25.0 Å². The monoisotopic (exact) mass is 431 g/mol. The number of carbonyl (C=O) groups is 1. The molecule has 0 aliphatic heterocycles. The van der Waals surface area contributed by atoms with E-state index in [9.17, 15) is 4.79 Å². The summed E-state index contributed by atoms with van der Waals surface area (Å²) in [6.07, 6.45) is 3.17. The molecule has 0 amide bonds. The average Bonchev–Trinajstić information content (AvgIpc) is 3.12. The molecule has 4 heteroatoms. The maximum atomic E-state index is 12.9. The minimum atomic E-state index is -1.46. The molecule has 0 radical (unpaired) electrons. The predicted molar refractivity (Wildman–Crippen MR) is 130 cm³/mol. The number of fused-ring (bicyclic) bond motifs is 1. The van der Waals surface area contributed by atoms with Gasteiger partial charge >= 0.3 is 5.97 Å². The number of hydrogen-bond acceptors (Lipinski definition) is 2. The molecule has 4 rings (SSSR count). The van der Waals surface area contributed by atoms with Crippen LogP contribution in [0, 0.1) is 0 Å². The number of aromatic nitrogens is 1. The molecule has 0 spiro atoms. The lowest BCUT2D eigenvalue weighted by molar-refractivity contribution is 0.0455. The molecule has 1 atom stereocenters. The molecule has 0 saturated carbocycles. The van der Waals surface area contributed by atoms with Crippen molar-refractivity contribution >= 4 is 14.0 Å². The van der Waals surface area contributed by atoms with Gasteiger partial charge in [-0.1, -0.05) is 82.4 Å². The summed E-state index contributed by atoms with van der Waals surface area (Å²) in [7, 11) is -1.46. The minimum absolute atomic E-state index is 0.317. The van der Waals surface area contributed by atoms with Crippen LogP contribution in [0.5, 0.6) is 0 Å². The van der Waals surface area contributed by atoms with Gasteiger partial charge in [0.2, 0.25) is 0 Å². The standard InChI is InChI=1S/C27H33NO2Si/c1-27(2,3)31(4,5)23-16-17-24-22(18-23)19-25(20-12-8-6-9-13-20)28(24)30-26(29)21-14-10-7-11-15-21/h6-15,19,23H,16-18H2,1-5H3. The van der Waals surface area contributed by atoms with E-state index in [2.05, 4.69) is 52.1 Å². The van der Waals surface area contributed by atoms with Gasteiger partial charge in [0, 0.05) is 5.56 Å². The molecule has 0 fully saturated rings. The Balaban J connectivity index is 1.73. The third kappa shape index (κ3) is 4.14. The number of benzene rings is 2. The van der Waals surface area contributed by atoms with Crippen molar-refractivity contribution in [2.75, 3.05) is 0 Å². The highest BCUT2D eigenvalue weighted by atomic mass is 28.3. The summed E-state index contributed by atoms with van der Waals surface area (Å²) in [5.41, 5.74) is 5.81. The van der Waals surface area contributed by atoms with Gasteiger partial charge in [-0.2, -0.15) is 4.73 Å². The molecule has 1 aliphatic carbocycles. The van der Waals surface area contributed by atoms with Gasteiger partial charge in [0.25, 0.3) is 0 Å². The fourth-order valence-corrected chi connectivity index (χ4v) is 7.37. The maximum absolute atomic E-state index is 12.9. The highest BCUT2D eigenvalue weighted by molar-refractivity contribution is 6.81. The van der Waals surface area contributed by atoms with E-state index in [0.29, 0.717) is 10.6 Å². The molecular formula is C27H33NO2Si. The van der Waals surface area contributed by atoms with Crippen LogP contribution in [-0.4, -0.2) is 18.8 Å². The highest BCUT2D eigenvalue weighted by Crippen LogP contribution is 2.49. The first-order valence-electron chi connectivity index (χ1n) is 11.2. The molecule has 0 N–H and O–H groups in total. The number of carbonyl (C=O) groups excluding carboxylic acids is 1. The first-order valence-corrected chi connectivity index (χ1v) is 14.3. The predicted octanol–water partition coefficient (Wildman–Crippen LogP) is 6.79. The van der Waals surface area contributed by atoms with Crippen LogP contribution in [0.1, 0.15) is 48.8 Å². The third-order valence-electron chi connectivity index (χ3n) is 7.55. The van der Waals surface area contributed by atoms with E-state index < -0.39 is 8.07 Å². The molecule has 2 aromatic carbocycles. The van der Waals surface area contributed by atoms with Crippen LogP contribution in [0.4, 0.5) is 0 Å². The maximum Gasteiger partial charge on any atom is 0.363 e. The molecule has 3 nitrogen and oxygen atoms in total. The van der Waals surface area contributed by atoms with Gasteiger partial charge in [-0.05, 0) is 53.6 Å². The lowest BCUT2D eigenvalue weighted by Gasteiger charge is -2.45. The zero-order valence-corrected chi connectivity index (χ0v) is 20.3. The summed E-state index contributed by atoms with van der Waals surface area (Å²) in [6.45, 7) is 12.3. The van der Waals surface area contributed by atoms with Crippen molar-refractivity contribution < 1.29 is 9.63 Å². The second-order valence-electron chi connectivity index (χ2n) is 10.3. The molecule has 1 aliphatic rings. The van der Waals surface area contributed by atoms with Crippen LogP contribution >= 0.6 is 0 Å². The molecule has 162 valence electrons. The second-order valence-corrected chi connectivity index (χ2v) is 16.1. The Morgan fingerprint density at radius 2 is 1.61 bits per heavy atom. The quantitative estimate of drug-likeness (QED) is 0.426. The molecule has 1 heterocycles. The Labute approximate surface area is 187 Å². The van der Waals surface area contributed by atoms with Crippen molar-refractivity contribution in [2.24, 2.45) is 0 Å². The van der Waals surface area contributed by atoms with E-state index >= 15 is 0 Å². The van der Waals surface area contributed by atoms with Crippen molar-refractivity contribution in [3.8, 4) is 11.3 Å². The SMILES string of the molecule is CC(C)(C)[Si](C)(C)C1CCc2c(cc(-c3ccccc3)n2OC(=O)c2ccccc2)C1. The fraction of sp³-hybridized carbons (Fsp3) is 0.370. The summed E-state index contributed by atoms with van der Waals surface area (Å²) >= 11 is 0. The van der Waals surface area contributed by atoms with Gasteiger partial charge in [-0.25, -0.2) is 4.79 Å². The van der Waals surface area contributed by atoms with E-state index in [0.717, 1.165) is 41.8 Å². The Morgan fingerprint density at radius 1 is 1.00 bits per heavy atom. The smallest absolute Gasteiger partial charge is 0.331 e. The number of rotatable bonds is 4. The van der Waals surface area contributed by atoms with Crippen LogP contribution in [-0.2, 0) is 12.8 Å². The first-order chi connectivity index (χ1) is 14.7. The summed E-state index contributed by atoms with van der Waals surface area (Å²) in [5, 5.41) is 0.361. The zero-order chi connectivity index (χ0) is 22.2. The van der Waals surface area contributed by atoms with E-state index in [1.54, 1.807) is 12.1 Å². The molecule has 31 heavy (non-hydrogen) atoms. The van der Waals surface area contributed by atoms with Crippen molar-refractivity contribution in [3.05, 3.63) is 83.6 Å². The van der Waals surface area contributed by atoms with Gasteiger partial charge in [0.1, 0.15) is 0 Å². The van der Waals surface area contributed by atoms with Gasteiger partial charge in [-0.3, -0.25) is 0 Å². The summed E-state index contributed by atoms with van der Waals surface area (Å²) in [5.74, 6) is -0.317. The van der Waals surface area contributed by atoms with Gasteiger partial charge < -0.3 is 4.84 Å². The first kappa shape index (κ1) is 21.6. The Kier molecular flexibility index (Phi) is 5.69. The van der Waals surface area contributed by atoms with Crippen LogP contribution < -0.4 is 4.84 Å². The Bertz CT molecular complexity index is 1060. The second kappa shape index (κ2) is 8.16. The number of nitrogens with zero attached hydrogens (tertiary/aromatic N) is 1. The van der Waals surface area contributed by atoms with Gasteiger partial charge in [-0.15, -0.1) is 0 Å². The Morgan fingerprint density at radius 3 is 2.23 bits per heavy atom. The van der Waals surface area contributed by atoms with Crippen molar-refractivity contribution in [1.82, 2.24) is 4.73 Å². The lowest BCUT2D eigenvalue weighted by atomic mass is 9.97. The van der Waals surface area contributed by atoms with E-state index in [4.69, 9.17) is 4.84 Å². The lowest BCUT2D eigenvalue weighted by Crippen LogP contribution is -2.44. The van der Waals surface area contributed by atoms with Crippen LogP contribution in [0.15, 0.2) is 66.7 Å². The van der Waals surface area contributed by atoms with E-state index in [1.807, 2.05) is 41.1 Å². The Hall–Kier alpha value is -2.59. The minimum Gasteiger partial charge on any atom is -0.331 e. The number of hydrogen-bond donors (Lipinski definition) is 0. The van der Waals surface area contributed by atoms with Crippen LogP contribution in [0.2, 0.25) is 23.7 Å². The average molecular weight is 432 g/mol. The summed E-state index contributed by atoms with van der Waals surface area (Å²) in [4.78, 5) is 18.9.